The summed E-state index contributed by atoms with van der Waals surface area (Å²) in [5, 5.41) is 12.4. The fraction of sp³-hybridized carbons (Fsp3) is 0.385. The van der Waals surface area contributed by atoms with E-state index in [-0.39, 0.29) is 12.5 Å². The number of benzene rings is 1. The molecule has 0 unspecified atom stereocenters. The van der Waals surface area contributed by atoms with E-state index in [1.54, 1.807) is 18.2 Å². The molecule has 0 bridgehead atoms. The molecule has 1 aromatic rings. The van der Waals surface area contributed by atoms with Crippen LogP contribution in [-0.4, -0.2) is 30.4 Å². The van der Waals surface area contributed by atoms with Crippen molar-refractivity contribution in [1.82, 2.24) is 4.90 Å². The average Bonchev–Trinajstić information content (AvgIpc) is 2.90. The average molecular weight is 264 g/mol. The van der Waals surface area contributed by atoms with Crippen molar-refractivity contribution in [3.63, 3.8) is 0 Å². The molecular formula is C13H14ClN3O. The number of carbonyl (C=O) groups excluding carboxylic acids is 1. The van der Waals surface area contributed by atoms with Crippen molar-refractivity contribution in [3.8, 4) is 6.07 Å². The minimum atomic E-state index is 0.0661. The van der Waals surface area contributed by atoms with Crippen molar-refractivity contribution in [2.24, 2.45) is 0 Å². The molecule has 0 radical (unpaired) electrons. The van der Waals surface area contributed by atoms with Gasteiger partial charge in [0.05, 0.1) is 22.8 Å². The summed E-state index contributed by atoms with van der Waals surface area (Å²) in [4.78, 5) is 13.7. The van der Waals surface area contributed by atoms with Crippen LogP contribution in [0.3, 0.4) is 0 Å². The zero-order valence-electron chi connectivity index (χ0n) is 9.95. The third-order valence-corrected chi connectivity index (χ3v) is 3.33. The quantitative estimate of drug-likeness (QED) is 0.910. The number of hydrogen-bond donors (Lipinski definition) is 1. The molecule has 0 aromatic heterocycles. The number of rotatable bonds is 3. The summed E-state index contributed by atoms with van der Waals surface area (Å²) in [6, 6.07) is 7.21. The summed E-state index contributed by atoms with van der Waals surface area (Å²) >= 11 is 5.91. The smallest absolute Gasteiger partial charge is 0.241 e. The highest BCUT2D eigenvalue weighted by atomic mass is 35.5. The highest BCUT2D eigenvalue weighted by molar-refractivity contribution is 6.32. The summed E-state index contributed by atoms with van der Waals surface area (Å²) in [5.74, 6) is 0.0661. The lowest BCUT2D eigenvalue weighted by Gasteiger charge is -2.16. The zero-order chi connectivity index (χ0) is 13.0. The number of hydrogen-bond acceptors (Lipinski definition) is 3. The summed E-state index contributed by atoms with van der Waals surface area (Å²) in [5.41, 5.74) is 0.992. The van der Waals surface area contributed by atoms with Gasteiger partial charge in [0.15, 0.2) is 0 Å². The maximum Gasteiger partial charge on any atom is 0.241 e. The van der Waals surface area contributed by atoms with E-state index < -0.39 is 0 Å². The Kier molecular flexibility index (Phi) is 4.06. The van der Waals surface area contributed by atoms with Gasteiger partial charge < -0.3 is 10.2 Å². The first-order valence-electron chi connectivity index (χ1n) is 5.92. The van der Waals surface area contributed by atoms with Crippen LogP contribution in [0.1, 0.15) is 18.4 Å². The van der Waals surface area contributed by atoms with Gasteiger partial charge in [-0.3, -0.25) is 4.79 Å². The fourth-order valence-electron chi connectivity index (χ4n) is 2.03. The Bertz CT molecular complexity index is 489. The van der Waals surface area contributed by atoms with E-state index in [1.807, 2.05) is 11.0 Å². The van der Waals surface area contributed by atoms with Gasteiger partial charge in [-0.15, -0.1) is 0 Å². The lowest BCUT2D eigenvalue weighted by molar-refractivity contribution is -0.128. The van der Waals surface area contributed by atoms with E-state index in [2.05, 4.69) is 5.32 Å². The van der Waals surface area contributed by atoms with E-state index in [0.29, 0.717) is 16.3 Å². The van der Waals surface area contributed by atoms with Crippen LogP contribution in [0.2, 0.25) is 5.02 Å². The van der Waals surface area contributed by atoms with Gasteiger partial charge >= 0.3 is 0 Å². The first kappa shape index (κ1) is 12.7. The van der Waals surface area contributed by atoms with E-state index in [9.17, 15) is 4.79 Å². The highest BCUT2D eigenvalue weighted by Crippen LogP contribution is 2.23. The van der Waals surface area contributed by atoms with Gasteiger partial charge in [-0.1, -0.05) is 17.7 Å². The summed E-state index contributed by atoms with van der Waals surface area (Å²) in [7, 11) is 0. The van der Waals surface area contributed by atoms with Gasteiger partial charge in [-0.25, -0.2) is 0 Å². The molecule has 18 heavy (non-hydrogen) atoms. The number of likely N-dealkylation sites (tertiary alicyclic amines) is 1. The monoisotopic (exact) mass is 263 g/mol. The number of carbonyl (C=O) groups is 1. The first-order chi connectivity index (χ1) is 8.72. The Morgan fingerprint density at radius 3 is 2.83 bits per heavy atom. The molecule has 1 saturated heterocycles. The predicted molar refractivity (Wildman–Crippen MR) is 70.5 cm³/mol. The third-order valence-electron chi connectivity index (χ3n) is 3.01. The predicted octanol–water partition coefficient (Wildman–Crippen LogP) is 2.25. The van der Waals surface area contributed by atoms with Crippen molar-refractivity contribution in [3.05, 3.63) is 28.8 Å². The molecule has 0 saturated carbocycles. The molecule has 1 amide bonds. The molecule has 0 atom stereocenters. The van der Waals surface area contributed by atoms with Crippen LogP contribution in [0, 0.1) is 11.3 Å². The van der Waals surface area contributed by atoms with Crippen molar-refractivity contribution >= 4 is 23.2 Å². The van der Waals surface area contributed by atoms with Crippen LogP contribution in [0.5, 0.6) is 0 Å². The standard InChI is InChI=1S/C13H14ClN3O/c14-11-4-3-5-12(10(11)8-15)16-9-13(18)17-6-1-2-7-17/h3-5,16H,1-2,6-7,9H2. The summed E-state index contributed by atoms with van der Waals surface area (Å²) in [6.07, 6.45) is 2.15. The molecule has 0 spiro atoms. The van der Waals surface area contributed by atoms with Gasteiger partial charge in [0.25, 0.3) is 0 Å². The largest absolute Gasteiger partial charge is 0.375 e. The van der Waals surface area contributed by atoms with Crippen molar-refractivity contribution in [2.45, 2.75) is 12.8 Å². The van der Waals surface area contributed by atoms with Crippen LogP contribution in [-0.2, 0) is 4.79 Å². The Hall–Kier alpha value is -1.73. The van der Waals surface area contributed by atoms with Crippen molar-refractivity contribution < 1.29 is 4.79 Å². The van der Waals surface area contributed by atoms with Gasteiger partial charge in [0, 0.05) is 13.1 Å². The molecule has 1 aliphatic rings. The van der Waals surface area contributed by atoms with Gasteiger partial charge in [-0.05, 0) is 25.0 Å². The van der Waals surface area contributed by atoms with E-state index in [4.69, 9.17) is 16.9 Å². The highest BCUT2D eigenvalue weighted by Gasteiger charge is 2.17. The number of amides is 1. The molecule has 94 valence electrons. The second kappa shape index (κ2) is 5.74. The lowest BCUT2D eigenvalue weighted by atomic mass is 10.2. The topological polar surface area (TPSA) is 56.1 Å². The summed E-state index contributed by atoms with van der Waals surface area (Å²) in [6.45, 7) is 1.87. The van der Waals surface area contributed by atoms with Crippen molar-refractivity contribution in [1.29, 1.82) is 5.26 Å². The summed E-state index contributed by atoms with van der Waals surface area (Å²) < 4.78 is 0. The van der Waals surface area contributed by atoms with Gasteiger partial charge in [0.1, 0.15) is 6.07 Å². The molecule has 2 rings (SSSR count). The molecule has 1 heterocycles. The molecule has 1 N–H and O–H groups in total. The maximum atomic E-state index is 11.9. The molecule has 1 aliphatic heterocycles. The zero-order valence-corrected chi connectivity index (χ0v) is 10.7. The SMILES string of the molecule is N#Cc1c(Cl)cccc1NCC(=O)N1CCCC1. The number of nitriles is 1. The number of anilines is 1. The molecule has 0 aliphatic carbocycles. The first-order valence-corrected chi connectivity index (χ1v) is 6.30. The van der Waals surface area contributed by atoms with Crippen LogP contribution < -0.4 is 5.32 Å². The molecule has 5 heteroatoms. The normalized spacial score (nSPS) is 14.3. The van der Waals surface area contributed by atoms with E-state index in [0.717, 1.165) is 25.9 Å². The number of halogens is 1. The van der Waals surface area contributed by atoms with Crippen LogP contribution in [0.4, 0.5) is 5.69 Å². The Morgan fingerprint density at radius 1 is 1.44 bits per heavy atom. The fourth-order valence-corrected chi connectivity index (χ4v) is 2.25. The number of nitrogens with zero attached hydrogens (tertiary/aromatic N) is 2. The van der Waals surface area contributed by atoms with E-state index >= 15 is 0 Å². The maximum absolute atomic E-state index is 11.9. The minimum absolute atomic E-state index is 0.0661. The third kappa shape index (κ3) is 2.74. The van der Waals surface area contributed by atoms with Gasteiger partial charge in [-0.2, -0.15) is 5.26 Å². The second-order valence-corrected chi connectivity index (χ2v) is 4.62. The van der Waals surface area contributed by atoms with Crippen LogP contribution >= 0.6 is 11.6 Å². The lowest BCUT2D eigenvalue weighted by Crippen LogP contribution is -2.33. The van der Waals surface area contributed by atoms with Crippen molar-refractivity contribution in [2.75, 3.05) is 25.0 Å². The second-order valence-electron chi connectivity index (χ2n) is 4.22. The Balaban J connectivity index is 2.00. The number of nitrogens with one attached hydrogen (secondary N) is 1. The Morgan fingerprint density at radius 2 is 2.17 bits per heavy atom. The van der Waals surface area contributed by atoms with Crippen LogP contribution in [0.15, 0.2) is 18.2 Å². The van der Waals surface area contributed by atoms with E-state index in [1.165, 1.54) is 0 Å². The molecule has 4 nitrogen and oxygen atoms in total. The van der Waals surface area contributed by atoms with Gasteiger partial charge in [0.2, 0.25) is 5.91 Å². The van der Waals surface area contributed by atoms with Crippen LogP contribution in [0.25, 0.3) is 0 Å². The molecule has 1 aromatic carbocycles. The Labute approximate surface area is 111 Å². The molecular weight excluding hydrogens is 250 g/mol. The molecule has 1 fully saturated rings. The minimum Gasteiger partial charge on any atom is -0.375 e.